The zero-order valence-electron chi connectivity index (χ0n) is 14.0. The van der Waals surface area contributed by atoms with Gasteiger partial charge in [0.15, 0.2) is 0 Å². The van der Waals surface area contributed by atoms with Gasteiger partial charge >= 0.3 is 12.0 Å². The Morgan fingerprint density at radius 1 is 0.815 bits per heavy atom. The topological polar surface area (TPSA) is 124 Å². The number of anilines is 1. The molecular weight excluding hydrogens is 372 g/mol. The molecule has 10 heteroatoms. The van der Waals surface area contributed by atoms with Crippen LogP contribution < -0.4 is 14.8 Å². The highest BCUT2D eigenvalue weighted by Crippen LogP contribution is 2.23. The minimum atomic E-state index is -4.11. The van der Waals surface area contributed by atoms with Crippen LogP contribution in [0.2, 0.25) is 0 Å². The molecule has 0 aliphatic heterocycles. The summed E-state index contributed by atoms with van der Waals surface area (Å²) in [6.07, 6.45) is 0. The molecule has 0 spiro atoms. The first-order chi connectivity index (χ1) is 13.0. The quantitative estimate of drug-likeness (QED) is 0.560. The summed E-state index contributed by atoms with van der Waals surface area (Å²) in [6, 6.07) is 17.7. The molecule has 2 aromatic carbocycles. The molecule has 1 aromatic heterocycles. The fraction of sp³-hybridized carbons (Fsp3) is 0.118. The molecule has 0 fully saturated rings. The number of hydrogen-bond acceptors (Lipinski definition) is 8. The van der Waals surface area contributed by atoms with Gasteiger partial charge in [-0.05, 0) is 24.3 Å². The highest BCUT2D eigenvalue weighted by molar-refractivity contribution is 7.85. The predicted octanol–water partition coefficient (Wildman–Crippen LogP) is 2.76. The lowest BCUT2D eigenvalue weighted by molar-refractivity contribution is 0.398. The molecule has 1 heterocycles. The predicted molar refractivity (Wildman–Crippen MR) is 97.8 cm³/mol. The zero-order chi connectivity index (χ0) is 19.1. The molecule has 0 aliphatic rings. The maximum absolute atomic E-state index is 10.9. The van der Waals surface area contributed by atoms with Gasteiger partial charge in [-0.2, -0.15) is 18.4 Å². The van der Waals surface area contributed by atoms with E-state index in [-0.39, 0.29) is 24.5 Å². The fourth-order valence-electron chi connectivity index (χ4n) is 1.99. The monoisotopic (exact) mass is 388 g/mol. The molecular formula is C17H16N4O5S. The summed E-state index contributed by atoms with van der Waals surface area (Å²) in [5.41, 5.74) is 0. The number of rotatable bonds is 8. The first-order valence-corrected chi connectivity index (χ1v) is 9.50. The van der Waals surface area contributed by atoms with Crippen molar-refractivity contribution in [1.29, 1.82) is 0 Å². The molecule has 0 atom stereocenters. The summed E-state index contributed by atoms with van der Waals surface area (Å²) in [6.45, 7) is -0.0988. The van der Waals surface area contributed by atoms with Crippen molar-refractivity contribution in [3.63, 3.8) is 0 Å². The Labute approximate surface area is 155 Å². The van der Waals surface area contributed by atoms with E-state index >= 15 is 0 Å². The Morgan fingerprint density at radius 3 is 1.74 bits per heavy atom. The average molecular weight is 388 g/mol. The average Bonchev–Trinajstić information content (AvgIpc) is 2.62. The van der Waals surface area contributed by atoms with Crippen molar-refractivity contribution in [2.75, 3.05) is 17.6 Å². The summed E-state index contributed by atoms with van der Waals surface area (Å²) >= 11 is 0. The number of aromatic nitrogens is 3. The third kappa shape index (κ3) is 6.20. The molecule has 0 aliphatic carbocycles. The van der Waals surface area contributed by atoms with E-state index in [9.17, 15) is 8.42 Å². The summed E-state index contributed by atoms with van der Waals surface area (Å²) < 4.78 is 41.7. The molecule has 0 radical (unpaired) electrons. The van der Waals surface area contributed by atoms with E-state index in [1.54, 1.807) is 48.5 Å². The van der Waals surface area contributed by atoms with Crippen molar-refractivity contribution >= 4 is 16.1 Å². The first-order valence-electron chi connectivity index (χ1n) is 7.89. The largest absolute Gasteiger partial charge is 0.424 e. The number of ether oxygens (including phenoxy) is 2. The van der Waals surface area contributed by atoms with Crippen molar-refractivity contribution in [2.24, 2.45) is 0 Å². The van der Waals surface area contributed by atoms with Crippen molar-refractivity contribution in [2.45, 2.75) is 0 Å². The second kappa shape index (κ2) is 8.43. The van der Waals surface area contributed by atoms with Gasteiger partial charge in [0.2, 0.25) is 5.95 Å². The van der Waals surface area contributed by atoms with Gasteiger partial charge in [-0.1, -0.05) is 36.4 Å². The number of hydrogen-bond donors (Lipinski definition) is 2. The molecule has 27 heavy (non-hydrogen) atoms. The number of nitrogens with one attached hydrogen (secondary N) is 1. The van der Waals surface area contributed by atoms with E-state index in [1.807, 2.05) is 12.1 Å². The van der Waals surface area contributed by atoms with Crippen LogP contribution in [0.5, 0.6) is 23.5 Å². The number of para-hydroxylation sites is 2. The standard InChI is InChI=1S/C17H16N4O5S/c22-27(23,24)12-11-18-15-19-16(25-13-7-3-1-4-8-13)21-17(20-15)26-14-9-5-2-6-10-14/h1-10H,11-12H2,(H,22,23,24)(H,18,19,20,21). The molecule has 3 aromatic rings. The third-order valence-electron chi connectivity index (χ3n) is 3.14. The minimum Gasteiger partial charge on any atom is -0.424 e. The van der Waals surface area contributed by atoms with E-state index in [0.29, 0.717) is 11.5 Å². The maximum Gasteiger partial charge on any atom is 0.330 e. The number of nitrogens with zero attached hydrogens (tertiary/aromatic N) is 3. The second-order valence-electron chi connectivity index (χ2n) is 5.27. The van der Waals surface area contributed by atoms with Crippen LogP contribution in [0.15, 0.2) is 60.7 Å². The molecule has 2 N–H and O–H groups in total. The lowest BCUT2D eigenvalue weighted by atomic mass is 10.3. The summed E-state index contributed by atoms with van der Waals surface area (Å²) in [7, 11) is -4.11. The molecule has 0 bridgehead atoms. The Morgan fingerprint density at radius 2 is 1.30 bits per heavy atom. The van der Waals surface area contributed by atoms with E-state index in [1.165, 1.54) is 0 Å². The van der Waals surface area contributed by atoms with Crippen LogP contribution in [-0.4, -0.2) is 40.2 Å². The molecule has 0 amide bonds. The Bertz CT molecular complexity index is 925. The second-order valence-corrected chi connectivity index (χ2v) is 6.84. The first kappa shape index (κ1) is 18.5. The molecule has 3 rings (SSSR count). The lowest BCUT2D eigenvalue weighted by Gasteiger charge is -2.09. The van der Waals surface area contributed by atoms with Crippen molar-refractivity contribution in [3.05, 3.63) is 60.7 Å². The van der Waals surface area contributed by atoms with Gasteiger partial charge in [0.05, 0.1) is 5.75 Å². The van der Waals surface area contributed by atoms with E-state index < -0.39 is 15.9 Å². The zero-order valence-corrected chi connectivity index (χ0v) is 14.8. The molecule has 0 saturated heterocycles. The maximum atomic E-state index is 10.9. The van der Waals surface area contributed by atoms with Gasteiger partial charge in [-0.3, -0.25) is 4.55 Å². The van der Waals surface area contributed by atoms with Crippen LogP contribution in [0, 0.1) is 0 Å². The number of benzene rings is 2. The van der Waals surface area contributed by atoms with Crippen molar-refractivity contribution < 1.29 is 22.4 Å². The summed E-state index contributed by atoms with van der Waals surface area (Å²) in [5, 5.41) is 2.69. The van der Waals surface area contributed by atoms with Crippen LogP contribution in [0.1, 0.15) is 0 Å². The van der Waals surface area contributed by atoms with Gasteiger partial charge in [0.1, 0.15) is 11.5 Å². The molecule has 9 nitrogen and oxygen atoms in total. The highest BCUT2D eigenvalue weighted by Gasteiger charge is 2.12. The van der Waals surface area contributed by atoms with E-state index in [0.717, 1.165) is 0 Å². The Balaban J connectivity index is 1.82. The van der Waals surface area contributed by atoms with Gasteiger partial charge in [0.25, 0.3) is 10.1 Å². The normalized spacial score (nSPS) is 11.0. The fourth-order valence-corrected chi connectivity index (χ4v) is 2.35. The van der Waals surface area contributed by atoms with Crippen LogP contribution in [0.25, 0.3) is 0 Å². The van der Waals surface area contributed by atoms with Crippen molar-refractivity contribution in [3.8, 4) is 23.5 Å². The van der Waals surface area contributed by atoms with Crippen LogP contribution in [0.3, 0.4) is 0 Å². The summed E-state index contributed by atoms with van der Waals surface area (Å²) in [4.78, 5) is 12.3. The molecule has 0 saturated carbocycles. The SMILES string of the molecule is O=S(=O)(O)CCNc1nc(Oc2ccccc2)nc(Oc2ccccc2)n1. The lowest BCUT2D eigenvalue weighted by Crippen LogP contribution is -2.16. The van der Waals surface area contributed by atoms with Crippen LogP contribution in [0.4, 0.5) is 5.95 Å². The van der Waals surface area contributed by atoms with E-state index in [2.05, 4.69) is 20.3 Å². The Hall–Kier alpha value is -3.24. The highest BCUT2D eigenvalue weighted by atomic mass is 32.2. The van der Waals surface area contributed by atoms with Gasteiger partial charge in [-0.25, -0.2) is 0 Å². The van der Waals surface area contributed by atoms with E-state index in [4.69, 9.17) is 14.0 Å². The molecule has 0 unspecified atom stereocenters. The van der Waals surface area contributed by atoms with Crippen LogP contribution >= 0.6 is 0 Å². The van der Waals surface area contributed by atoms with Gasteiger partial charge in [-0.15, -0.1) is 4.98 Å². The third-order valence-corrected chi connectivity index (χ3v) is 3.86. The minimum absolute atomic E-state index is 0.0310. The van der Waals surface area contributed by atoms with Crippen LogP contribution in [-0.2, 0) is 10.1 Å². The Kier molecular flexibility index (Phi) is 5.79. The summed E-state index contributed by atoms with van der Waals surface area (Å²) in [5.74, 6) is 0.574. The van der Waals surface area contributed by atoms with Crippen molar-refractivity contribution in [1.82, 2.24) is 15.0 Å². The van der Waals surface area contributed by atoms with Gasteiger partial charge < -0.3 is 14.8 Å². The van der Waals surface area contributed by atoms with Gasteiger partial charge in [0, 0.05) is 6.54 Å². The molecule has 140 valence electrons. The smallest absolute Gasteiger partial charge is 0.330 e.